The average molecular weight is 386 g/mol. The van der Waals surface area contributed by atoms with E-state index < -0.39 is 5.60 Å². The minimum Gasteiger partial charge on any atom is -0.363 e. The quantitative estimate of drug-likeness (QED) is 0.690. The van der Waals surface area contributed by atoms with Crippen molar-refractivity contribution >= 4 is 16.9 Å². The first-order chi connectivity index (χ1) is 13.5. The van der Waals surface area contributed by atoms with Crippen LogP contribution in [-0.2, 0) is 29.1 Å². The Morgan fingerprint density at radius 2 is 2.25 bits per heavy atom. The summed E-state index contributed by atoms with van der Waals surface area (Å²) in [5, 5.41) is 6.37. The maximum absolute atomic E-state index is 13.3. The number of hydrogen-bond donors (Lipinski definition) is 2. The summed E-state index contributed by atoms with van der Waals surface area (Å²) in [6.07, 6.45) is 1.43. The van der Waals surface area contributed by atoms with E-state index >= 15 is 0 Å². The summed E-state index contributed by atoms with van der Waals surface area (Å²) in [6.45, 7) is 1.70. The molecule has 0 aliphatic carbocycles. The number of fused-ring (bicyclic) bond motifs is 2. The number of ether oxygens (including phenoxy) is 1. The number of halogens is 1. The SMILES string of the molecule is O=C(CCc1nc2ccc(F)cc2[nH]1)N1CCC2(C1)Cn1c(n[nH]c1=O)CO2. The first-order valence-corrected chi connectivity index (χ1v) is 9.21. The number of aromatic nitrogens is 5. The van der Waals surface area contributed by atoms with Crippen LogP contribution in [0.4, 0.5) is 4.39 Å². The molecule has 4 heterocycles. The van der Waals surface area contributed by atoms with E-state index in [9.17, 15) is 14.0 Å². The highest BCUT2D eigenvalue weighted by Crippen LogP contribution is 2.31. The lowest BCUT2D eigenvalue weighted by molar-refractivity contribution is -0.133. The van der Waals surface area contributed by atoms with Crippen LogP contribution >= 0.6 is 0 Å². The molecule has 0 radical (unpaired) electrons. The molecule has 1 atom stereocenters. The van der Waals surface area contributed by atoms with E-state index in [2.05, 4.69) is 20.2 Å². The summed E-state index contributed by atoms with van der Waals surface area (Å²) < 4.78 is 20.8. The van der Waals surface area contributed by atoms with Crippen LogP contribution in [0.2, 0.25) is 0 Å². The van der Waals surface area contributed by atoms with Crippen LogP contribution in [0.25, 0.3) is 11.0 Å². The second kappa shape index (κ2) is 6.26. The number of likely N-dealkylation sites (tertiary alicyclic amines) is 1. The molecule has 1 aromatic carbocycles. The summed E-state index contributed by atoms with van der Waals surface area (Å²) >= 11 is 0. The summed E-state index contributed by atoms with van der Waals surface area (Å²) in [6, 6.07) is 4.37. The van der Waals surface area contributed by atoms with E-state index in [1.54, 1.807) is 15.5 Å². The first-order valence-electron chi connectivity index (χ1n) is 9.21. The van der Waals surface area contributed by atoms with Crippen molar-refractivity contribution in [2.24, 2.45) is 0 Å². The number of H-pyrrole nitrogens is 2. The first kappa shape index (κ1) is 17.1. The highest BCUT2D eigenvalue weighted by atomic mass is 19.1. The number of rotatable bonds is 3. The lowest BCUT2D eigenvalue weighted by atomic mass is 10.0. The number of carbonyl (C=O) groups is 1. The van der Waals surface area contributed by atoms with Gasteiger partial charge in [-0.2, -0.15) is 5.10 Å². The Morgan fingerprint density at radius 3 is 3.14 bits per heavy atom. The minimum absolute atomic E-state index is 0.0115. The number of hydrogen-bond acceptors (Lipinski definition) is 5. The molecule has 5 rings (SSSR count). The zero-order chi connectivity index (χ0) is 19.3. The van der Waals surface area contributed by atoms with E-state index in [-0.39, 0.29) is 24.0 Å². The topological polar surface area (TPSA) is 109 Å². The van der Waals surface area contributed by atoms with Crippen LogP contribution in [0, 0.1) is 5.82 Å². The molecule has 0 saturated carbocycles. The van der Waals surface area contributed by atoms with E-state index in [1.807, 2.05) is 0 Å². The molecule has 9 nitrogen and oxygen atoms in total. The normalized spacial score (nSPS) is 21.5. The maximum Gasteiger partial charge on any atom is 0.343 e. The van der Waals surface area contributed by atoms with E-state index in [1.165, 1.54) is 12.1 Å². The van der Waals surface area contributed by atoms with Crippen molar-refractivity contribution < 1.29 is 13.9 Å². The standard InChI is InChI=1S/C18H19FN6O3/c19-11-1-2-12-13(7-11)21-14(20-12)3-4-16(26)24-6-5-18(9-24)10-25-15(8-28-18)22-23-17(25)27/h1-2,7H,3-6,8-10H2,(H,20,21)(H,23,27). The van der Waals surface area contributed by atoms with Gasteiger partial charge in [-0.25, -0.2) is 19.3 Å². The van der Waals surface area contributed by atoms with Gasteiger partial charge in [0.25, 0.3) is 0 Å². The Morgan fingerprint density at radius 1 is 1.36 bits per heavy atom. The van der Waals surface area contributed by atoms with Gasteiger partial charge in [0.1, 0.15) is 23.8 Å². The van der Waals surface area contributed by atoms with Crippen molar-refractivity contribution in [2.75, 3.05) is 13.1 Å². The van der Waals surface area contributed by atoms with Gasteiger partial charge in [0.05, 0.1) is 24.1 Å². The Bertz CT molecular complexity index is 1120. The number of aromatic amines is 2. The molecule has 2 aromatic heterocycles. The third-order valence-electron chi connectivity index (χ3n) is 5.53. The summed E-state index contributed by atoms with van der Waals surface area (Å²) in [5.41, 5.74) is 0.525. The highest BCUT2D eigenvalue weighted by Gasteiger charge is 2.44. The molecule has 2 N–H and O–H groups in total. The molecule has 1 amide bonds. The van der Waals surface area contributed by atoms with Crippen LogP contribution in [-0.4, -0.2) is 54.2 Å². The number of benzene rings is 1. The zero-order valence-corrected chi connectivity index (χ0v) is 15.1. The highest BCUT2D eigenvalue weighted by molar-refractivity contribution is 5.77. The molecule has 28 heavy (non-hydrogen) atoms. The molecule has 1 fully saturated rings. The molecule has 146 valence electrons. The number of nitrogens with one attached hydrogen (secondary N) is 2. The largest absolute Gasteiger partial charge is 0.363 e. The van der Waals surface area contributed by atoms with Gasteiger partial charge in [0.15, 0.2) is 5.82 Å². The number of carbonyl (C=O) groups excluding carboxylic acids is 1. The molecular weight excluding hydrogens is 367 g/mol. The Kier molecular flexibility index (Phi) is 3.83. The predicted molar refractivity (Wildman–Crippen MR) is 95.9 cm³/mol. The molecule has 1 unspecified atom stereocenters. The number of amides is 1. The third-order valence-corrected chi connectivity index (χ3v) is 5.53. The number of nitrogens with zero attached hydrogens (tertiary/aromatic N) is 4. The molecule has 1 saturated heterocycles. The molecular formula is C18H19FN6O3. The molecule has 2 aliphatic heterocycles. The predicted octanol–water partition coefficient (Wildman–Crippen LogP) is 0.721. The molecule has 2 aliphatic rings. The van der Waals surface area contributed by atoms with Crippen molar-refractivity contribution in [1.29, 1.82) is 0 Å². The van der Waals surface area contributed by atoms with E-state index in [4.69, 9.17) is 4.74 Å². The van der Waals surface area contributed by atoms with Crippen LogP contribution < -0.4 is 5.69 Å². The maximum atomic E-state index is 13.3. The molecule has 1 spiro atoms. The second-order valence-electron chi connectivity index (χ2n) is 7.41. The van der Waals surface area contributed by atoms with Gasteiger partial charge in [-0.3, -0.25) is 9.36 Å². The van der Waals surface area contributed by atoms with Crippen molar-refractivity contribution in [3.8, 4) is 0 Å². The Balaban J connectivity index is 1.23. The van der Waals surface area contributed by atoms with Gasteiger partial charge < -0.3 is 14.6 Å². The summed E-state index contributed by atoms with van der Waals surface area (Å²) in [7, 11) is 0. The average Bonchev–Trinajstić information content (AvgIpc) is 3.38. The smallest absolute Gasteiger partial charge is 0.343 e. The Hall–Kier alpha value is -3.01. The fraction of sp³-hybridized carbons (Fsp3) is 0.444. The van der Waals surface area contributed by atoms with Crippen molar-refractivity contribution in [3.05, 3.63) is 46.1 Å². The van der Waals surface area contributed by atoms with Gasteiger partial charge in [0.2, 0.25) is 5.91 Å². The minimum atomic E-state index is -0.534. The molecule has 10 heteroatoms. The van der Waals surface area contributed by atoms with Crippen molar-refractivity contribution in [1.82, 2.24) is 29.6 Å². The van der Waals surface area contributed by atoms with Crippen LogP contribution in [0.15, 0.2) is 23.0 Å². The van der Waals surface area contributed by atoms with Crippen molar-refractivity contribution in [3.63, 3.8) is 0 Å². The monoisotopic (exact) mass is 386 g/mol. The van der Waals surface area contributed by atoms with Gasteiger partial charge in [-0.05, 0) is 24.6 Å². The van der Waals surface area contributed by atoms with Gasteiger partial charge in [-0.1, -0.05) is 0 Å². The van der Waals surface area contributed by atoms with Gasteiger partial charge in [0, 0.05) is 19.4 Å². The Labute approximate surface area is 158 Å². The molecule has 3 aromatic rings. The van der Waals surface area contributed by atoms with Crippen LogP contribution in [0.1, 0.15) is 24.5 Å². The van der Waals surface area contributed by atoms with Gasteiger partial charge in [-0.15, -0.1) is 0 Å². The van der Waals surface area contributed by atoms with Crippen LogP contribution in [0.5, 0.6) is 0 Å². The second-order valence-corrected chi connectivity index (χ2v) is 7.41. The van der Waals surface area contributed by atoms with Gasteiger partial charge >= 0.3 is 5.69 Å². The molecule has 0 bridgehead atoms. The fourth-order valence-electron chi connectivity index (χ4n) is 4.02. The van der Waals surface area contributed by atoms with E-state index in [0.717, 1.165) is 0 Å². The lowest BCUT2D eigenvalue weighted by Crippen LogP contribution is -2.47. The van der Waals surface area contributed by atoms with E-state index in [0.29, 0.717) is 61.6 Å². The van der Waals surface area contributed by atoms with Crippen LogP contribution in [0.3, 0.4) is 0 Å². The van der Waals surface area contributed by atoms with Crippen molar-refractivity contribution in [2.45, 2.75) is 38.0 Å². The zero-order valence-electron chi connectivity index (χ0n) is 15.1. The summed E-state index contributed by atoms with van der Waals surface area (Å²) in [4.78, 5) is 33.7. The summed E-state index contributed by atoms with van der Waals surface area (Å²) in [5.74, 6) is 0.930. The number of imidazole rings is 1. The third kappa shape index (κ3) is 2.89. The fourth-order valence-corrected chi connectivity index (χ4v) is 4.02. The lowest BCUT2D eigenvalue weighted by Gasteiger charge is -2.33. The number of aryl methyl sites for hydroxylation is 1.